The van der Waals surface area contributed by atoms with Crippen LogP contribution in [0.25, 0.3) is 0 Å². The minimum Gasteiger partial charge on any atom is -0.392 e. The van der Waals surface area contributed by atoms with Crippen LogP contribution in [-0.4, -0.2) is 30.1 Å². The van der Waals surface area contributed by atoms with E-state index in [9.17, 15) is 9.90 Å². The molecular weight excluding hydrogens is 190 g/mol. The SMILES string of the molecule is CC(O)CN1CCC(=O)c2ccccc21. The van der Waals surface area contributed by atoms with E-state index in [0.717, 1.165) is 11.3 Å². The Hall–Kier alpha value is -1.35. The van der Waals surface area contributed by atoms with Gasteiger partial charge in [0, 0.05) is 30.8 Å². The molecule has 80 valence electrons. The Bertz CT molecular complexity index is 374. The second-order valence-electron chi connectivity index (χ2n) is 3.99. The number of rotatable bonds is 2. The van der Waals surface area contributed by atoms with Crippen LogP contribution in [0.1, 0.15) is 23.7 Å². The molecular formula is C12H15NO2. The summed E-state index contributed by atoms with van der Waals surface area (Å²) in [6.45, 7) is 3.06. The number of β-amino-alcohol motifs (C(OH)–C–C–N with tert-alkyl or cyclic N) is 1. The number of aliphatic hydroxyl groups is 1. The zero-order chi connectivity index (χ0) is 10.8. The molecule has 0 radical (unpaired) electrons. The van der Waals surface area contributed by atoms with Crippen LogP contribution in [0.3, 0.4) is 0 Å². The zero-order valence-electron chi connectivity index (χ0n) is 8.81. The van der Waals surface area contributed by atoms with Crippen molar-refractivity contribution in [3.8, 4) is 0 Å². The van der Waals surface area contributed by atoms with Crippen molar-refractivity contribution in [1.29, 1.82) is 0 Å². The van der Waals surface area contributed by atoms with Gasteiger partial charge in [0.15, 0.2) is 5.78 Å². The van der Waals surface area contributed by atoms with E-state index in [4.69, 9.17) is 0 Å². The highest BCUT2D eigenvalue weighted by Gasteiger charge is 2.22. The minimum absolute atomic E-state index is 0.201. The number of ketones is 1. The van der Waals surface area contributed by atoms with Crippen molar-refractivity contribution in [3.05, 3.63) is 29.8 Å². The second-order valence-corrected chi connectivity index (χ2v) is 3.99. The first-order chi connectivity index (χ1) is 7.18. The summed E-state index contributed by atoms with van der Waals surface area (Å²) in [6.07, 6.45) is 0.176. The standard InChI is InChI=1S/C12H15NO2/c1-9(14)8-13-7-6-12(15)10-4-2-3-5-11(10)13/h2-5,9,14H,6-8H2,1H3. The topological polar surface area (TPSA) is 40.5 Å². The molecule has 0 fully saturated rings. The van der Waals surface area contributed by atoms with Gasteiger partial charge in [0.2, 0.25) is 0 Å². The molecule has 1 aliphatic rings. The maximum atomic E-state index is 11.6. The van der Waals surface area contributed by atoms with E-state index < -0.39 is 0 Å². The van der Waals surface area contributed by atoms with Crippen molar-refractivity contribution in [1.82, 2.24) is 0 Å². The molecule has 0 saturated carbocycles. The lowest BCUT2D eigenvalue weighted by atomic mass is 10.0. The van der Waals surface area contributed by atoms with E-state index in [1.165, 1.54) is 0 Å². The largest absolute Gasteiger partial charge is 0.392 e. The molecule has 1 unspecified atom stereocenters. The third-order valence-electron chi connectivity index (χ3n) is 2.64. The highest BCUT2D eigenvalue weighted by Crippen LogP contribution is 2.26. The van der Waals surface area contributed by atoms with Crippen molar-refractivity contribution in [2.75, 3.05) is 18.0 Å². The fourth-order valence-electron chi connectivity index (χ4n) is 1.99. The molecule has 1 N–H and O–H groups in total. The van der Waals surface area contributed by atoms with Gasteiger partial charge >= 0.3 is 0 Å². The number of carbonyl (C=O) groups is 1. The van der Waals surface area contributed by atoms with Crippen molar-refractivity contribution >= 4 is 11.5 Å². The van der Waals surface area contributed by atoms with Crippen LogP contribution >= 0.6 is 0 Å². The quantitative estimate of drug-likeness (QED) is 0.794. The van der Waals surface area contributed by atoms with E-state index in [-0.39, 0.29) is 11.9 Å². The van der Waals surface area contributed by atoms with Gasteiger partial charge < -0.3 is 10.0 Å². The Labute approximate surface area is 89.3 Å². The van der Waals surface area contributed by atoms with E-state index in [0.29, 0.717) is 19.5 Å². The molecule has 0 aliphatic carbocycles. The lowest BCUT2D eigenvalue weighted by molar-refractivity contribution is 0.0977. The molecule has 0 aromatic heterocycles. The fraction of sp³-hybridized carbons (Fsp3) is 0.417. The third-order valence-corrected chi connectivity index (χ3v) is 2.64. The van der Waals surface area contributed by atoms with Crippen molar-refractivity contribution in [2.45, 2.75) is 19.4 Å². The molecule has 1 atom stereocenters. The Morgan fingerprint density at radius 2 is 2.20 bits per heavy atom. The number of Topliss-reactive ketones (excluding diaryl/α,β-unsaturated/α-hetero) is 1. The van der Waals surface area contributed by atoms with E-state index >= 15 is 0 Å². The van der Waals surface area contributed by atoms with Crippen LogP contribution in [0.2, 0.25) is 0 Å². The molecule has 0 saturated heterocycles. The Kier molecular flexibility index (Phi) is 2.73. The zero-order valence-corrected chi connectivity index (χ0v) is 8.81. The summed E-state index contributed by atoms with van der Waals surface area (Å²) in [4.78, 5) is 13.7. The highest BCUT2D eigenvalue weighted by molar-refractivity contribution is 6.03. The summed E-state index contributed by atoms with van der Waals surface area (Å²) in [5.74, 6) is 0.201. The molecule has 15 heavy (non-hydrogen) atoms. The van der Waals surface area contributed by atoms with Gasteiger partial charge in [0.25, 0.3) is 0 Å². The van der Waals surface area contributed by atoms with Gasteiger partial charge in [-0.05, 0) is 19.1 Å². The summed E-state index contributed by atoms with van der Waals surface area (Å²) < 4.78 is 0. The molecule has 1 heterocycles. The predicted molar refractivity (Wildman–Crippen MR) is 59.3 cm³/mol. The number of hydrogen-bond donors (Lipinski definition) is 1. The molecule has 3 heteroatoms. The number of anilines is 1. The summed E-state index contributed by atoms with van der Waals surface area (Å²) in [7, 11) is 0. The number of aliphatic hydroxyl groups excluding tert-OH is 1. The molecule has 2 rings (SSSR count). The average molecular weight is 205 g/mol. The molecule has 1 aliphatic heterocycles. The van der Waals surface area contributed by atoms with Gasteiger partial charge in [0.1, 0.15) is 0 Å². The Morgan fingerprint density at radius 3 is 2.93 bits per heavy atom. The number of hydrogen-bond acceptors (Lipinski definition) is 3. The summed E-state index contributed by atoms with van der Waals surface area (Å²) >= 11 is 0. The van der Waals surface area contributed by atoms with Gasteiger partial charge in [-0.1, -0.05) is 12.1 Å². The maximum Gasteiger partial charge on any atom is 0.166 e. The van der Waals surface area contributed by atoms with Crippen molar-refractivity contribution < 1.29 is 9.90 Å². The van der Waals surface area contributed by atoms with Crippen LogP contribution in [0.4, 0.5) is 5.69 Å². The lowest BCUT2D eigenvalue weighted by Crippen LogP contribution is -2.36. The van der Waals surface area contributed by atoms with Gasteiger partial charge in [-0.2, -0.15) is 0 Å². The number of para-hydroxylation sites is 1. The summed E-state index contributed by atoms with van der Waals surface area (Å²) in [6, 6.07) is 7.59. The monoisotopic (exact) mass is 205 g/mol. The summed E-state index contributed by atoms with van der Waals surface area (Å²) in [5, 5.41) is 9.37. The molecule has 0 amide bonds. The van der Waals surface area contributed by atoms with Crippen molar-refractivity contribution in [2.24, 2.45) is 0 Å². The van der Waals surface area contributed by atoms with Crippen LogP contribution in [0, 0.1) is 0 Å². The van der Waals surface area contributed by atoms with E-state index in [2.05, 4.69) is 4.90 Å². The van der Waals surface area contributed by atoms with Crippen LogP contribution in [-0.2, 0) is 0 Å². The van der Waals surface area contributed by atoms with Crippen LogP contribution < -0.4 is 4.90 Å². The number of carbonyl (C=O) groups excluding carboxylic acids is 1. The Morgan fingerprint density at radius 1 is 1.47 bits per heavy atom. The van der Waals surface area contributed by atoms with Crippen LogP contribution in [0.15, 0.2) is 24.3 Å². The first-order valence-electron chi connectivity index (χ1n) is 5.23. The van der Waals surface area contributed by atoms with Crippen molar-refractivity contribution in [3.63, 3.8) is 0 Å². The number of fused-ring (bicyclic) bond motifs is 1. The van der Waals surface area contributed by atoms with E-state index in [1.807, 2.05) is 24.3 Å². The third kappa shape index (κ3) is 2.02. The first kappa shape index (κ1) is 10.2. The normalized spacial score (nSPS) is 17.5. The first-order valence-corrected chi connectivity index (χ1v) is 5.23. The lowest BCUT2D eigenvalue weighted by Gasteiger charge is -2.31. The number of benzene rings is 1. The second kappa shape index (κ2) is 4.03. The van der Waals surface area contributed by atoms with Gasteiger partial charge in [-0.15, -0.1) is 0 Å². The molecule has 1 aromatic rings. The number of nitrogens with zero attached hydrogens (tertiary/aromatic N) is 1. The van der Waals surface area contributed by atoms with Gasteiger partial charge in [0.05, 0.1) is 6.10 Å². The average Bonchev–Trinajstić information content (AvgIpc) is 2.22. The predicted octanol–water partition coefficient (Wildman–Crippen LogP) is 1.46. The highest BCUT2D eigenvalue weighted by atomic mass is 16.3. The summed E-state index contributed by atoms with van der Waals surface area (Å²) in [5.41, 5.74) is 1.74. The van der Waals surface area contributed by atoms with Gasteiger partial charge in [-0.3, -0.25) is 4.79 Å². The van der Waals surface area contributed by atoms with Crippen LogP contribution in [0.5, 0.6) is 0 Å². The van der Waals surface area contributed by atoms with E-state index in [1.54, 1.807) is 6.92 Å². The minimum atomic E-state index is -0.369. The fourth-order valence-corrected chi connectivity index (χ4v) is 1.99. The molecule has 1 aromatic carbocycles. The molecule has 3 nitrogen and oxygen atoms in total. The van der Waals surface area contributed by atoms with Gasteiger partial charge in [-0.25, -0.2) is 0 Å². The smallest absolute Gasteiger partial charge is 0.166 e. The molecule has 0 bridgehead atoms. The molecule has 0 spiro atoms. The maximum absolute atomic E-state index is 11.6. The Balaban J connectivity index is 2.32.